The van der Waals surface area contributed by atoms with Gasteiger partial charge in [-0.25, -0.2) is 9.78 Å². The smallest absolute Gasteiger partial charge is 0.365 e. The van der Waals surface area contributed by atoms with Crippen LogP contribution in [0.25, 0.3) is 0 Å². The van der Waals surface area contributed by atoms with Crippen LogP contribution in [-0.4, -0.2) is 16.1 Å². The van der Waals surface area contributed by atoms with Gasteiger partial charge in [0, 0.05) is 5.38 Å². The number of carbonyl (C=O) groups is 1. The maximum Gasteiger partial charge on any atom is 0.365 e. The second-order valence-electron chi connectivity index (χ2n) is 1.45. The lowest BCUT2D eigenvalue weighted by Gasteiger charge is -1.78. The summed E-state index contributed by atoms with van der Waals surface area (Å²) in [5, 5.41) is 17.9. The highest BCUT2D eigenvalue weighted by Crippen LogP contribution is 2.07. The van der Waals surface area contributed by atoms with Crippen LogP contribution in [0.4, 0.5) is 0 Å². The number of carboxylic acids is 1. The average Bonchev–Trinajstić information content (AvgIpc) is 2.34. The molecule has 4 nitrogen and oxygen atoms in total. The first-order valence-corrected chi connectivity index (χ1v) is 3.21. The van der Waals surface area contributed by atoms with E-state index in [1.807, 2.05) is 0 Å². The molecule has 50 valence electrons. The Morgan fingerprint density at radius 3 is 2.90 bits per heavy atom. The first-order chi connectivity index (χ1) is 4.74. The van der Waals surface area contributed by atoms with Crippen LogP contribution >= 0.6 is 11.3 Å². The molecular weight excluding hydrogens is 152 g/mol. The first kappa shape index (κ1) is 6.71. The molecule has 0 atom stereocenters. The molecule has 0 amide bonds. The average molecular weight is 154 g/mol. The van der Waals surface area contributed by atoms with Gasteiger partial charge in [-0.05, 0) is 0 Å². The highest BCUT2D eigenvalue weighted by molar-refractivity contribution is 7.11. The minimum Gasteiger partial charge on any atom is -0.476 e. The number of aromatic nitrogens is 1. The number of nitrogens with zero attached hydrogens (tertiary/aromatic N) is 2. The van der Waals surface area contributed by atoms with E-state index in [4.69, 9.17) is 10.4 Å². The summed E-state index contributed by atoms with van der Waals surface area (Å²) in [5.74, 6) is -1.09. The molecule has 0 aliphatic heterocycles. The standard InChI is InChI=1S/C5H2N2O2S/c6-1-3-2-10-4(7-3)5(8)9/h2H,(H,8,9). The fourth-order valence-corrected chi connectivity index (χ4v) is 1.00. The molecule has 1 heterocycles. The Bertz CT molecular complexity index is 299. The van der Waals surface area contributed by atoms with Gasteiger partial charge in [-0.1, -0.05) is 0 Å². The van der Waals surface area contributed by atoms with Gasteiger partial charge in [-0.3, -0.25) is 0 Å². The highest BCUT2D eigenvalue weighted by atomic mass is 32.1. The van der Waals surface area contributed by atoms with E-state index in [9.17, 15) is 4.79 Å². The fourth-order valence-electron chi connectivity index (χ4n) is 0.423. The number of nitriles is 1. The Morgan fingerprint density at radius 2 is 2.60 bits per heavy atom. The van der Waals surface area contributed by atoms with Gasteiger partial charge in [0.2, 0.25) is 5.01 Å². The summed E-state index contributed by atoms with van der Waals surface area (Å²) in [7, 11) is 0. The maximum absolute atomic E-state index is 10.2. The van der Waals surface area contributed by atoms with Crippen molar-refractivity contribution in [3.63, 3.8) is 0 Å². The first-order valence-electron chi connectivity index (χ1n) is 2.33. The molecule has 0 radical (unpaired) electrons. The molecule has 1 aromatic heterocycles. The minimum absolute atomic E-state index is 0.0449. The van der Waals surface area contributed by atoms with Crippen molar-refractivity contribution in [3.8, 4) is 6.07 Å². The SMILES string of the molecule is N#Cc1csc(C(=O)O)n1. The van der Waals surface area contributed by atoms with Crippen molar-refractivity contribution in [2.75, 3.05) is 0 Å². The number of thiazole rings is 1. The summed E-state index contributed by atoms with van der Waals surface area (Å²) in [6.07, 6.45) is 0. The van der Waals surface area contributed by atoms with Gasteiger partial charge < -0.3 is 5.11 Å². The molecule has 0 unspecified atom stereocenters. The lowest BCUT2D eigenvalue weighted by molar-refractivity contribution is 0.0696. The summed E-state index contributed by atoms with van der Waals surface area (Å²) in [6, 6.07) is 1.74. The zero-order valence-corrected chi connectivity index (χ0v) is 5.55. The van der Waals surface area contributed by atoms with Crippen LogP contribution in [-0.2, 0) is 0 Å². The van der Waals surface area contributed by atoms with E-state index in [1.165, 1.54) is 5.38 Å². The van der Waals surface area contributed by atoms with E-state index < -0.39 is 5.97 Å². The van der Waals surface area contributed by atoms with Crippen molar-refractivity contribution in [2.45, 2.75) is 0 Å². The van der Waals surface area contributed by atoms with Gasteiger partial charge in [0.05, 0.1) is 0 Å². The number of aromatic carboxylic acids is 1. The molecule has 1 aromatic rings. The third-order valence-corrected chi connectivity index (χ3v) is 1.63. The molecule has 0 aliphatic carbocycles. The van der Waals surface area contributed by atoms with Crippen LogP contribution < -0.4 is 0 Å². The molecule has 0 aliphatic rings. The summed E-state index contributed by atoms with van der Waals surface area (Å²) >= 11 is 0.949. The molecule has 0 spiro atoms. The molecule has 1 rings (SSSR count). The molecule has 1 N–H and O–H groups in total. The number of hydrogen-bond acceptors (Lipinski definition) is 4. The van der Waals surface area contributed by atoms with Gasteiger partial charge in [0.1, 0.15) is 6.07 Å². The van der Waals surface area contributed by atoms with Gasteiger partial charge in [-0.2, -0.15) is 5.26 Å². The number of rotatable bonds is 1. The zero-order chi connectivity index (χ0) is 7.56. The minimum atomic E-state index is -1.09. The Hall–Kier alpha value is -1.41. The van der Waals surface area contributed by atoms with Crippen LogP contribution in [0.3, 0.4) is 0 Å². The molecular formula is C5H2N2O2S. The lowest BCUT2D eigenvalue weighted by atomic mass is 10.5. The fraction of sp³-hybridized carbons (Fsp3) is 0. The van der Waals surface area contributed by atoms with Crippen LogP contribution in [0, 0.1) is 11.3 Å². The Balaban J connectivity index is 3.02. The van der Waals surface area contributed by atoms with E-state index >= 15 is 0 Å². The van der Waals surface area contributed by atoms with E-state index in [0.717, 1.165) is 11.3 Å². The van der Waals surface area contributed by atoms with Gasteiger partial charge in [0.25, 0.3) is 0 Å². The topological polar surface area (TPSA) is 74.0 Å². The second-order valence-corrected chi connectivity index (χ2v) is 2.31. The Labute approximate surface area is 60.4 Å². The maximum atomic E-state index is 10.2. The van der Waals surface area contributed by atoms with E-state index in [-0.39, 0.29) is 10.7 Å². The van der Waals surface area contributed by atoms with Crippen LogP contribution in [0.2, 0.25) is 0 Å². The van der Waals surface area contributed by atoms with Gasteiger partial charge in [-0.15, -0.1) is 11.3 Å². The summed E-state index contributed by atoms with van der Waals surface area (Å²) in [4.78, 5) is 13.7. The molecule has 0 saturated heterocycles. The summed E-state index contributed by atoms with van der Waals surface area (Å²) < 4.78 is 0. The van der Waals surface area contributed by atoms with Crippen molar-refractivity contribution in [1.29, 1.82) is 5.26 Å². The normalized spacial score (nSPS) is 8.70. The monoisotopic (exact) mass is 154 g/mol. The van der Waals surface area contributed by atoms with Crippen LogP contribution in [0.15, 0.2) is 5.38 Å². The molecule has 0 bridgehead atoms. The molecule has 10 heavy (non-hydrogen) atoms. The Kier molecular flexibility index (Phi) is 1.65. The lowest BCUT2D eigenvalue weighted by Crippen LogP contribution is -1.94. The Morgan fingerprint density at radius 1 is 1.90 bits per heavy atom. The van der Waals surface area contributed by atoms with Crippen molar-refractivity contribution in [1.82, 2.24) is 4.98 Å². The largest absolute Gasteiger partial charge is 0.476 e. The van der Waals surface area contributed by atoms with Crippen molar-refractivity contribution >= 4 is 17.3 Å². The third-order valence-electron chi connectivity index (χ3n) is 0.802. The molecule has 0 fully saturated rings. The van der Waals surface area contributed by atoms with Crippen molar-refractivity contribution < 1.29 is 9.90 Å². The number of carboxylic acid groups (broad SMARTS) is 1. The second kappa shape index (κ2) is 2.45. The van der Waals surface area contributed by atoms with Gasteiger partial charge >= 0.3 is 5.97 Å². The summed E-state index contributed by atoms with van der Waals surface area (Å²) in [5.41, 5.74) is 0.155. The van der Waals surface area contributed by atoms with Crippen LogP contribution in [0.5, 0.6) is 0 Å². The van der Waals surface area contributed by atoms with Crippen LogP contribution in [0.1, 0.15) is 15.5 Å². The van der Waals surface area contributed by atoms with Gasteiger partial charge in [0.15, 0.2) is 5.69 Å². The summed E-state index contributed by atoms with van der Waals surface area (Å²) in [6.45, 7) is 0. The highest BCUT2D eigenvalue weighted by Gasteiger charge is 2.07. The third kappa shape index (κ3) is 1.11. The molecule has 0 saturated carbocycles. The predicted molar refractivity (Wildman–Crippen MR) is 33.8 cm³/mol. The predicted octanol–water partition coefficient (Wildman–Crippen LogP) is 0.713. The van der Waals surface area contributed by atoms with Crippen molar-refractivity contribution in [3.05, 3.63) is 16.1 Å². The number of hydrogen-bond donors (Lipinski definition) is 1. The van der Waals surface area contributed by atoms with E-state index in [2.05, 4.69) is 4.98 Å². The van der Waals surface area contributed by atoms with E-state index in [1.54, 1.807) is 6.07 Å². The molecule has 5 heteroatoms. The zero-order valence-electron chi connectivity index (χ0n) is 4.74. The quantitative estimate of drug-likeness (QED) is 0.646. The molecule has 0 aromatic carbocycles. The van der Waals surface area contributed by atoms with E-state index in [0.29, 0.717) is 0 Å². The van der Waals surface area contributed by atoms with Crippen molar-refractivity contribution in [2.24, 2.45) is 0 Å².